The molecule has 0 aliphatic carbocycles. The minimum Gasteiger partial charge on any atom is -0.352 e. The zero-order chi connectivity index (χ0) is 29.4. The lowest BCUT2D eigenvalue weighted by Crippen LogP contribution is -2.53. The van der Waals surface area contributed by atoms with Gasteiger partial charge in [0.25, 0.3) is 11.8 Å². The molecular formula is C25H35N6O7P. The van der Waals surface area contributed by atoms with E-state index in [-0.39, 0.29) is 12.5 Å². The van der Waals surface area contributed by atoms with E-state index in [9.17, 15) is 28.8 Å². The molecule has 13 nitrogen and oxygen atoms in total. The van der Waals surface area contributed by atoms with Crippen LogP contribution < -0.4 is 27.0 Å². The van der Waals surface area contributed by atoms with Gasteiger partial charge in [-0.1, -0.05) is 41.8 Å². The quantitative estimate of drug-likeness (QED) is 0.169. The van der Waals surface area contributed by atoms with Crippen molar-refractivity contribution < 1.29 is 33.5 Å². The highest BCUT2D eigenvalue weighted by Crippen LogP contribution is 2.10. The van der Waals surface area contributed by atoms with Crippen LogP contribution in [-0.4, -0.2) is 72.1 Å². The number of imide groups is 1. The Kier molecular flexibility index (Phi) is 14.7. The summed E-state index contributed by atoms with van der Waals surface area (Å²) in [5.74, 6) is -1.73. The molecule has 212 valence electrons. The van der Waals surface area contributed by atoms with Gasteiger partial charge in [-0.3, -0.25) is 28.9 Å². The highest BCUT2D eigenvalue weighted by molar-refractivity contribution is 7.17. The SMILES string of the molecule is CC(C)C(NC(=O)CN1C(=O)C=CC1=O)C(=O)NCC(=O)Nc1ccc(COC=P)cc1.CCCNC(N)=O. The van der Waals surface area contributed by atoms with Gasteiger partial charge in [0.05, 0.1) is 19.1 Å². The fourth-order valence-electron chi connectivity index (χ4n) is 3.04. The number of anilines is 1. The molecular weight excluding hydrogens is 527 g/mol. The zero-order valence-corrected chi connectivity index (χ0v) is 23.1. The maximum absolute atomic E-state index is 12.5. The predicted molar refractivity (Wildman–Crippen MR) is 148 cm³/mol. The van der Waals surface area contributed by atoms with Crippen molar-refractivity contribution in [2.75, 3.05) is 25.0 Å². The summed E-state index contributed by atoms with van der Waals surface area (Å²) in [6, 6.07) is 5.61. The lowest BCUT2D eigenvalue weighted by atomic mass is 10.0. The zero-order valence-electron chi connectivity index (χ0n) is 22.1. The Morgan fingerprint density at radius 1 is 1.03 bits per heavy atom. The Labute approximate surface area is 229 Å². The smallest absolute Gasteiger partial charge is 0.312 e. The fourth-order valence-corrected chi connectivity index (χ4v) is 3.12. The summed E-state index contributed by atoms with van der Waals surface area (Å²) in [5.41, 5.74) is 6.19. The van der Waals surface area contributed by atoms with Crippen LogP contribution in [0.1, 0.15) is 32.8 Å². The number of carbonyl (C=O) groups is 6. The average molecular weight is 563 g/mol. The van der Waals surface area contributed by atoms with Gasteiger partial charge in [-0.15, -0.1) is 0 Å². The van der Waals surface area contributed by atoms with Crippen molar-refractivity contribution in [2.24, 2.45) is 11.7 Å². The van der Waals surface area contributed by atoms with E-state index in [1.807, 2.05) is 6.92 Å². The van der Waals surface area contributed by atoms with Crippen molar-refractivity contribution in [3.8, 4) is 0 Å². The average Bonchev–Trinajstić information content (AvgIpc) is 3.21. The number of ether oxygens (including phenoxy) is 1. The Hall–Kier alpha value is -4.09. The molecule has 39 heavy (non-hydrogen) atoms. The molecule has 1 aliphatic heterocycles. The summed E-state index contributed by atoms with van der Waals surface area (Å²) in [4.78, 5) is 70.7. The summed E-state index contributed by atoms with van der Waals surface area (Å²) in [6.45, 7) is 5.68. The molecule has 1 atom stereocenters. The first-order chi connectivity index (χ1) is 18.5. The molecule has 1 aliphatic rings. The second kappa shape index (κ2) is 17.4. The van der Waals surface area contributed by atoms with Gasteiger partial charge >= 0.3 is 6.03 Å². The molecule has 1 aromatic carbocycles. The van der Waals surface area contributed by atoms with Crippen LogP contribution in [0.5, 0.6) is 0 Å². The van der Waals surface area contributed by atoms with Gasteiger partial charge in [-0.05, 0) is 30.0 Å². The molecule has 6 N–H and O–H groups in total. The third-order valence-corrected chi connectivity index (χ3v) is 5.18. The van der Waals surface area contributed by atoms with E-state index in [0.717, 1.165) is 29.0 Å². The van der Waals surface area contributed by atoms with Crippen LogP contribution in [0, 0.1) is 5.92 Å². The van der Waals surface area contributed by atoms with E-state index in [1.165, 1.54) is 5.98 Å². The first kappa shape index (κ1) is 32.9. The Morgan fingerprint density at radius 2 is 1.64 bits per heavy atom. The second-order valence-corrected chi connectivity index (χ2v) is 8.80. The molecule has 0 aromatic heterocycles. The molecule has 0 spiro atoms. The first-order valence-electron chi connectivity index (χ1n) is 12.1. The third-order valence-electron chi connectivity index (χ3n) is 5.01. The lowest BCUT2D eigenvalue weighted by molar-refractivity contribution is -0.141. The molecule has 1 unspecified atom stereocenters. The van der Waals surface area contributed by atoms with E-state index in [0.29, 0.717) is 18.8 Å². The molecule has 14 heteroatoms. The van der Waals surface area contributed by atoms with Gasteiger partial charge in [0, 0.05) is 24.4 Å². The number of hydrogen-bond acceptors (Lipinski definition) is 7. The summed E-state index contributed by atoms with van der Waals surface area (Å²) in [5, 5.41) is 10.1. The van der Waals surface area contributed by atoms with Crippen molar-refractivity contribution in [2.45, 2.75) is 39.8 Å². The van der Waals surface area contributed by atoms with Crippen molar-refractivity contribution in [3.63, 3.8) is 0 Å². The second-order valence-electron chi connectivity index (χ2n) is 8.57. The molecule has 1 aromatic rings. The van der Waals surface area contributed by atoms with Gasteiger partial charge in [-0.25, -0.2) is 4.79 Å². The van der Waals surface area contributed by atoms with E-state index in [1.54, 1.807) is 38.1 Å². The number of rotatable bonds is 13. The van der Waals surface area contributed by atoms with E-state index in [2.05, 4.69) is 30.1 Å². The number of nitrogens with two attached hydrogens (primary N) is 1. The molecule has 7 amide bonds. The standard InChI is InChI=1S/C21H25N4O6P.C4H10N2O/c1-13(2)20(24-17(27)10-25-18(28)7-8-19(25)29)21(30)22-9-16(26)23-15-5-3-14(4-6-15)11-31-12-32;1-2-3-6-4(5)7/h3-8,12-13,20,32H,9-11H2,1-2H3,(H,22,30)(H,23,26)(H,24,27);2-3H2,1H3,(H3,5,6,7). The maximum atomic E-state index is 12.5. The fraction of sp³-hybridized carbons (Fsp3) is 0.400. The normalized spacial score (nSPS) is 12.8. The number of carbonyl (C=O) groups excluding carboxylic acids is 6. The van der Waals surface area contributed by atoms with Crippen molar-refractivity contribution in [3.05, 3.63) is 42.0 Å². The number of benzene rings is 1. The Bertz CT molecular complexity index is 1060. The topological polar surface area (TPSA) is 189 Å². The molecule has 0 fully saturated rings. The van der Waals surface area contributed by atoms with Gasteiger partial charge in [-0.2, -0.15) is 0 Å². The van der Waals surface area contributed by atoms with Crippen molar-refractivity contribution in [1.82, 2.24) is 20.9 Å². The van der Waals surface area contributed by atoms with Gasteiger partial charge in [0.15, 0.2) is 0 Å². The largest absolute Gasteiger partial charge is 0.352 e. The molecule has 0 saturated carbocycles. The van der Waals surface area contributed by atoms with Crippen LogP contribution in [0.15, 0.2) is 36.4 Å². The van der Waals surface area contributed by atoms with E-state index in [4.69, 9.17) is 10.5 Å². The number of amides is 7. The molecule has 1 heterocycles. The highest BCUT2D eigenvalue weighted by Gasteiger charge is 2.29. The van der Waals surface area contributed by atoms with Crippen LogP contribution in [0.2, 0.25) is 0 Å². The Morgan fingerprint density at radius 3 is 2.13 bits per heavy atom. The van der Waals surface area contributed by atoms with Crippen LogP contribution in [0.25, 0.3) is 0 Å². The molecule has 0 radical (unpaired) electrons. The van der Waals surface area contributed by atoms with Crippen LogP contribution in [-0.2, 0) is 35.3 Å². The highest BCUT2D eigenvalue weighted by atomic mass is 31.0. The van der Waals surface area contributed by atoms with E-state index >= 15 is 0 Å². The van der Waals surface area contributed by atoms with Gasteiger partial charge < -0.3 is 31.7 Å². The van der Waals surface area contributed by atoms with Crippen molar-refractivity contribution >= 4 is 56.1 Å². The minimum absolute atomic E-state index is 0.295. The summed E-state index contributed by atoms with van der Waals surface area (Å²) >= 11 is 0. The summed E-state index contributed by atoms with van der Waals surface area (Å²) in [6.07, 6.45) is 3.08. The third kappa shape index (κ3) is 12.8. The van der Waals surface area contributed by atoms with Gasteiger partial charge in [0.2, 0.25) is 17.7 Å². The molecule has 2 rings (SSSR count). The summed E-state index contributed by atoms with van der Waals surface area (Å²) < 4.78 is 5.11. The van der Waals surface area contributed by atoms with Gasteiger partial charge in [0.1, 0.15) is 12.6 Å². The Balaban J connectivity index is 0.000000956. The maximum Gasteiger partial charge on any atom is 0.312 e. The minimum atomic E-state index is -0.943. The predicted octanol–water partition coefficient (Wildman–Crippen LogP) is 0.291. The number of nitrogens with zero attached hydrogens (tertiary/aromatic N) is 1. The lowest BCUT2D eigenvalue weighted by Gasteiger charge is -2.23. The number of nitrogens with one attached hydrogen (secondary N) is 4. The van der Waals surface area contributed by atoms with E-state index < -0.39 is 48.2 Å². The number of hydrogen-bond donors (Lipinski definition) is 5. The molecule has 0 saturated heterocycles. The molecule has 0 bridgehead atoms. The van der Waals surface area contributed by atoms with Crippen molar-refractivity contribution in [1.29, 1.82) is 0 Å². The number of urea groups is 1. The monoisotopic (exact) mass is 562 g/mol. The first-order valence-corrected chi connectivity index (χ1v) is 12.7. The van der Waals surface area contributed by atoms with Crippen LogP contribution in [0.4, 0.5) is 10.5 Å². The number of primary amides is 1. The summed E-state index contributed by atoms with van der Waals surface area (Å²) in [7, 11) is 3.09. The van der Waals surface area contributed by atoms with Crippen LogP contribution in [0.3, 0.4) is 0 Å². The van der Waals surface area contributed by atoms with Crippen LogP contribution >= 0.6 is 8.86 Å².